The van der Waals surface area contributed by atoms with Crippen LogP contribution in [0.25, 0.3) is 0 Å². The van der Waals surface area contributed by atoms with Gasteiger partial charge in [-0.3, -0.25) is 0 Å². The van der Waals surface area contributed by atoms with Crippen molar-refractivity contribution in [1.29, 1.82) is 0 Å². The second-order valence-electron chi connectivity index (χ2n) is 4.20. The molecule has 1 aromatic rings. The molecule has 0 aromatic carbocycles. The van der Waals surface area contributed by atoms with Crippen molar-refractivity contribution in [3.05, 3.63) is 17.6 Å². The molecule has 0 saturated carbocycles. The van der Waals surface area contributed by atoms with Gasteiger partial charge in [-0.25, -0.2) is 9.97 Å². The van der Waals surface area contributed by atoms with Gasteiger partial charge in [0.1, 0.15) is 6.33 Å². The molecule has 1 aliphatic heterocycles. The van der Waals surface area contributed by atoms with Crippen molar-refractivity contribution in [1.82, 2.24) is 15.3 Å². The Balaban J connectivity index is 2.55. The number of hydrogen-bond acceptors (Lipinski definition) is 4. The molecule has 1 N–H and O–H groups in total. The predicted molar refractivity (Wildman–Crippen MR) is 53.3 cm³/mol. The SMILES string of the molecule is COc1ncnc2c1CNCC2(C)C. The third-order valence-electron chi connectivity index (χ3n) is 2.61. The first-order chi connectivity index (χ1) is 6.65. The predicted octanol–water partition coefficient (Wildman–Crippen LogP) is 0.866. The number of methoxy groups -OCH3 is 1. The van der Waals surface area contributed by atoms with E-state index in [1.165, 1.54) is 0 Å². The Bertz CT molecular complexity index is 349. The van der Waals surface area contributed by atoms with Crippen molar-refractivity contribution >= 4 is 0 Å². The van der Waals surface area contributed by atoms with Crippen LogP contribution in [-0.2, 0) is 12.0 Å². The molecule has 4 nitrogen and oxygen atoms in total. The Kier molecular flexibility index (Phi) is 2.15. The van der Waals surface area contributed by atoms with Gasteiger partial charge in [0.25, 0.3) is 0 Å². The molecule has 0 radical (unpaired) electrons. The quantitative estimate of drug-likeness (QED) is 0.718. The van der Waals surface area contributed by atoms with E-state index < -0.39 is 0 Å². The van der Waals surface area contributed by atoms with Crippen LogP contribution in [0.5, 0.6) is 5.88 Å². The van der Waals surface area contributed by atoms with E-state index in [0.717, 1.165) is 24.3 Å². The first kappa shape index (κ1) is 9.40. The number of aromatic nitrogens is 2. The molecule has 0 bridgehead atoms. The molecule has 0 saturated heterocycles. The molecule has 14 heavy (non-hydrogen) atoms. The number of rotatable bonds is 1. The molecule has 0 unspecified atom stereocenters. The average Bonchev–Trinajstić information content (AvgIpc) is 2.17. The fourth-order valence-electron chi connectivity index (χ4n) is 1.90. The maximum atomic E-state index is 5.21. The van der Waals surface area contributed by atoms with Gasteiger partial charge in [0, 0.05) is 18.5 Å². The Morgan fingerprint density at radius 3 is 2.93 bits per heavy atom. The molecule has 1 aliphatic rings. The van der Waals surface area contributed by atoms with E-state index in [4.69, 9.17) is 4.74 Å². The Morgan fingerprint density at radius 1 is 1.43 bits per heavy atom. The topological polar surface area (TPSA) is 47.0 Å². The van der Waals surface area contributed by atoms with Crippen molar-refractivity contribution in [3.8, 4) is 5.88 Å². The van der Waals surface area contributed by atoms with Crippen LogP contribution in [-0.4, -0.2) is 23.6 Å². The van der Waals surface area contributed by atoms with E-state index in [0.29, 0.717) is 5.88 Å². The summed E-state index contributed by atoms with van der Waals surface area (Å²) in [6.45, 7) is 6.08. The lowest BCUT2D eigenvalue weighted by atomic mass is 9.83. The maximum absolute atomic E-state index is 5.21. The van der Waals surface area contributed by atoms with Crippen LogP contribution < -0.4 is 10.1 Å². The third-order valence-corrected chi connectivity index (χ3v) is 2.61. The summed E-state index contributed by atoms with van der Waals surface area (Å²) in [5.41, 5.74) is 2.25. The van der Waals surface area contributed by atoms with Gasteiger partial charge in [0.05, 0.1) is 18.4 Å². The van der Waals surface area contributed by atoms with Gasteiger partial charge < -0.3 is 10.1 Å². The highest BCUT2D eigenvalue weighted by molar-refractivity contribution is 5.36. The molecular weight excluding hydrogens is 178 g/mol. The van der Waals surface area contributed by atoms with Gasteiger partial charge in [0.15, 0.2) is 0 Å². The highest BCUT2D eigenvalue weighted by atomic mass is 16.5. The number of hydrogen-bond donors (Lipinski definition) is 1. The minimum absolute atomic E-state index is 0.0593. The van der Waals surface area contributed by atoms with Crippen LogP contribution >= 0.6 is 0 Å². The van der Waals surface area contributed by atoms with Gasteiger partial charge in [-0.05, 0) is 0 Å². The Hall–Kier alpha value is -1.16. The smallest absolute Gasteiger partial charge is 0.220 e. The maximum Gasteiger partial charge on any atom is 0.220 e. The molecule has 4 heteroatoms. The zero-order valence-corrected chi connectivity index (χ0v) is 8.79. The summed E-state index contributed by atoms with van der Waals surface area (Å²) in [6, 6.07) is 0. The average molecular weight is 193 g/mol. The van der Waals surface area contributed by atoms with E-state index in [1.54, 1.807) is 13.4 Å². The molecular formula is C10H15N3O. The summed E-state index contributed by atoms with van der Waals surface area (Å²) < 4.78 is 5.21. The van der Waals surface area contributed by atoms with Crippen LogP contribution in [0.15, 0.2) is 6.33 Å². The molecule has 1 aromatic heterocycles. The van der Waals surface area contributed by atoms with Gasteiger partial charge in [-0.1, -0.05) is 13.8 Å². The van der Waals surface area contributed by atoms with Crippen LogP contribution in [0.1, 0.15) is 25.1 Å². The fourth-order valence-corrected chi connectivity index (χ4v) is 1.90. The first-order valence-corrected chi connectivity index (χ1v) is 4.74. The van der Waals surface area contributed by atoms with Gasteiger partial charge in [0.2, 0.25) is 5.88 Å². The first-order valence-electron chi connectivity index (χ1n) is 4.74. The second-order valence-corrected chi connectivity index (χ2v) is 4.20. The minimum atomic E-state index is 0.0593. The van der Waals surface area contributed by atoms with Gasteiger partial charge in [-0.15, -0.1) is 0 Å². The van der Waals surface area contributed by atoms with Crippen LogP contribution in [0.4, 0.5) is 0 Å². The number of fused-ring (bicyclic) bond motifs is 1. The number of nitrogens with one attached hydrogen (secondary N) is 1. The molecule has 0 amide bonds. The molecule has 0 aliphatic carbocycles. The summed E-state index contributed by atoms with van der Waals surface area (Å²) in [4.78, 5) is 8.45. The number of ether oxygens (including phenoxy) is 1. The van der Waals surface area contributed by atoms with Crippen LogP contribution in [0.2, 0.25) is 0 Å². The zero-order valence-electron chi connectivity index (χ0n) is 8.79. The summed E-state index contributed by atoms with van der Waals surface area (Å²) in [5.74, 6) is 0.690. The summed E-state index contributed by atoms with van der Waals surface area (Å²) in [6.07, 6.45) is 1.57. The van der Waals surface area contributed by atoms with E-state index in [-0.39, 0.29) is 5.41 Å². The van der Waals surface area contributed by atoms with E-state index in [9.17, 15) is 0 Å². The summed E-state index contributed by atoms with van der Waals surface area (Å²) >= 11 is 0. The summed E-state index contributed by atoms with van der Waals surface area (Å²) in [5, 5.41) is 3.35. The normalized spacial score (nSPS) is 18.8. The van der Waals surface area contributed by atoms with Gasteiger partial charge in [-0.2, -0.15) is 0 Å². The van der Waals surface area contributed by atoms with Crippen LogP contribution in [0.3, 0.4) is 0 Å². The van der Waals surface area contributed by atoms with Crippen molar-refractivity contribution in [3.63, 3.8) is 0 Å². The summed E-state index contributed by atoms with van der Waals surface area (Å²) in [7, 11) is 1.64. The third kappa shape index (κ3) is 1.35. The minimum Gasteiger partial charge on any atom is -0.481 e. The lowest BCUT2D eigenvalue weighted by Gasteiger charge is -2.31. The molecule has 0 spiro atoms. The van der Waals surface area contributed by atoms with Crippen molar-refractivity contribution < 1.29 is 4.74 Å². The monoisotopic (exact) mass is 193 g/mol. The zero-order chi connectivity index (χ0) is 10.2. The molecule has 0 atom stereocenters. The number of nitrogens with zero attached hydrogens (tertiary/aromatic N) is 2. The highest BCUT2D eigenvalue weighted by Crippen LogP contribution is 2.31. The highest BCUT2D eigenvalue weighted by Gasteiger charge is 2.30. The van der Waals surface area contributed by atoms with E-state index >= 15 is 0 Å². The van der Waals surface area contributed by atoms with E-state index in [2.05, 4.69) is 29.1 Å². The largest absolute Gasteiger partial charge is 0.481 e. The fraction of sp³-hybridized carbons (Fsp3) is 0.600. The lowest BCUT2D eigenvalue weighted by molar-refractivity contribution is 0.364. The standard InChI is InChI=1S/C10H15N3O/c1-10(2)5-11-4-7-8(10)12-6-13-9(7)14-3/h6,11H,4-5H2,1-3H3. The van der Waals surface area contributed by atoms with E-state index in [1.807, 2.05) is 0 Å². The van der Waals surface area contributed by atoms with Gasteiger partial charge >= 0.3 is 0 Å². The lowest BCUT2D eigenvalue weighted by Crippen LogP contribution is -2.39. The van der Waals surface area contributed by atoms with Crippen molar-refractivity contribution in [2.75, 3.05) is 13.7 Å². The van der Waals surface area contributed by atoms with Crippen molar-refractivity contribution in [2.45, 2.75) is 25.8 Å². The molecule has 2 rings (SSSR count). The second kappa shape index (κ2) is 3.20. The Morgan fingerprint density at radius 2 is 2.21 bits per heavy atom. The molecule has 76 valence electrons. The van der Waals surface area contributed by atoms with Crippen molar-refractivity contribution in [2.24, 2.45) is 0 Å². The molecule has 2 heterocycles. The molecule has 0 fully saturated rings. The van der Waals surface area contributed by atoms with Crippen LogP contribution in [0, 0.1) is 0 Å². The Labute approximate surface area is 83.7 Å².